The van der Waals surface area contributed by atoms with Crippen LogP contribution >= 0.6 is 11.6 Å². The van der Waals surface area contributed by atoms with E-state index in [2.05, 4.69) is 34.1 Å². The monoisotopic (exact) mass is 409 g/mol. The molecule has 4 rings (SSSR count). The van der Waals surface area contributed by atoms with Crippen molar-refractivity contribution in [1.29, 1.82) is 0 Å². The molecule has 0 aliphatic carbocycles. The van der Waals surface area contributed by atoms with Crippen LogP contribution in [0, 0.1) is 0 Å². The second-order valence-corrected chi connectivity index (χ2v) is 7.85. The Morgan fingerprint density at radius 3 is 2.45 bits per heavy atom. The fraction of sp³-hybridized carbons (Fsp3) is 0.304. The van der Waals surface area contributed by atoms with E-state index in [-0.39, 0.29) is 24.3 Å². The van der Waals surface area contributed by atoms with Crippen molar-refractivity contribution in [2.75, 3.05) is 37.6 Å². The fourth-order valence-corrected chi connectivity index (χ4v) is 4.13. The number of anilines is 1. The lowest BCUT2D eigenvalue weighted by molar-refractivity contribution is -0.123. The number of halogens is 1. The zero-order valence-electron chi connectivity index (χ0n) is 16.2. The van der Waals surface area contributed by atoms with Crippen LogP contribution in [0.4, 0.5) is 5.69 Å². The van der Waals surface area contributed by atoms with Crippen molar-refractivity contribution in [2.24, 2.45) is 0 Å². The van der Waals surface area contributed by atoms with E-state index in [0.717, 1.165) is 32.7 Å². The number of piperazine rings is 1. The first-order chi connectivity index (χ1) is 14.1. The normalized spacial score (nSPS) is 21.4. The molecular weight excluding hydrogens is 386 g/mol. The molecule has 0 saturated carbocycles. The largest absolute Gasteiger partial charge is 0.297 e. The van der Waals surface area contributed by atoms with Gasteiger partial charge in [0, 0.05) is 37.7 Å². The van der Waals surface area contributed by atoms with Gasteiger partial charge in [-0.05, 0) is 23.8 Å². The first-order valence-corrected chi connectivity index (χ1v) is 10.3. The Balaban J connectivity index is 1.32. The maximum Gasteiger partial charge on any atom is 0.251 e. The van der Waals surface area contributed by atoms with Crippen molar-refractivity contribution < 1.29 is 9.59 Å². The van der Waals surface area contributed by atoms with Crippen LogP contribution in [0.3, 0.4) is 0 Å². The highest BCUT2D eigenvalue weighted by atomic mass is 35.5. The van der Waals surface area contributed by atoms with E-state index in [4.69, 9.17) is 11.6 Å². The summed E-state index contributed by atoms with van der Waals surface area (Å²) in [4.78, 5) is 31.2. The van der Waals surface area contributed by atoms with E-state index >= 15 is 0 Å². The number of nitrogens with zero attached hydrogens (tertiary/aromatic N) is 3. The highest BCUT2D eigenvalue weighted by Gasteiger charge is 2.43. The number of amides is 2. The number of imide groups is 1. The minimum atomic E-state index is -0.372. The maximum absolute atomic E-state index is 12.9. The second kappa shape index (κ2) is 8.91. The second-order valence-electron chi connectivity index (χ2n) is 7.42. The van der Waals surface area contributed by atoms with Gasteiger partial charge < -0.3 is 0 Å². The predicted octanol–water partition coefficient (Wildman–Crippen LogP) is 3.30. The summed E-state index contributed by atoms with van der Waals surface area (Å²) in [6.07, 6.45) is 4.55. The van der Waals surface area contributed by atoms with Crippen LogP contribution in [0.5, 0.6) is 0 Å². The zero-order chi connectivity index (χ0) is 20.2. The molecule has 0 N–H and O–H groups in total. The van der Waals surface area contributed by atoms with Gasteiger partial charge in [0.25, 0.3) is 5.91 Å². The number of hydrogen-bond donors (Lipinski definition) is 0. The standard InChI is InChI=1S/C23H24ClN3O2/c24-19-9-4-10-20(16-19)27-22(28)17-21(23(27)29)26-14-12-25(13-15-26)11-5-8-18-6-2-1-3-7-18/h1-10,16,21H,11-15,17H2/b8-5-/t21-/m0/s1. The van der Waals surface area contributed by atoms with Crippen molar-refractivity contribution in [3.8, 4) is 0 Å². The smallest absolute Gasteiger partial charge is 0.251 e. The molecule has 150 valence electrons. The number of carbonyl (C=O) groups is 2. The van der Waals surface area contributed by atoms with E-state index in [0.29, 0.717) is 10.7 Å². The summed E-state index contributed by atoms with van der Waals surface area (Å²) in [5.74, 6) is -0.301. The topological polar surface area (TPSA) is 43.9 Å². The number of carbonyl (C=O) groups excluding carboxylic acids is 2. The molecule has 2 saturated heterocycles. The van der Waals surface area contributed by atoms with Crippen molar-refractivity contribution in [1.82, 2.24) is 9.80 Å². The molecule has 2 heterocycles. The first kappa shape index (κ1) is 19.8. The third-order valence-electron chi connectivity index (χ3n) is 5.51. The Morgan fingerprint density at radius 2 is 1.72 bits per heavy atom. The molecule has 0 radical (unpaired) electrons. The molecule has 2 aliphatic heterocycles. The molecule has 2 amide bonds. The Kier molecular flexibility index (Phi) is 6.09. The fourth-order valence-electron chi connectivity index (χ4n) is 3.95. The van der Waals surface area contributed by atoms with E-state index in [1.54, 1.807) is 24.3 Å². The Bertz CT molecular complexity index is 907. The van der Waals surface area contributed by atoms with Crippen LogP contribution in [0.15, 0.2) is 60.7 Å². The van der Waals surface area contributed by atoms with E-state index < -0.39 is 0 Å². The molecule has 0 unspecified atom stereocenters. The third-order valence-corrected chi connectivity index (χ3v) is 5.75. The van der Waals surface area contributed by atoms with E-state index in [9.17, 15) is 9.59 Å². The molecule has 2 aromatic rings. The molecule has 2 aromatic carbocycles. The van der Waals surface area contributed by atoms with Crippen LogP contribution < -0.4 is 4.90 Å². The van der Waals surface area contributed by atoms with E-state index in [1.807, 2.05) is 18.2 Å². The van der Waals surface area contributed by atoms with Crippen LogP contribution in [-0.4, -0.2) is 60.4 Å². The van der Waals surface area contributed by atoms with Gasteiger partial charge in [0.15, 0.2) is 0 Å². The van der Waals surface area contributed by atoms with Crippen LogP contribution in [-0.2, 0) is 9.59 Å². The number of rotatable bonds is 5. The summed E-state index contributed by atoms with van der Waals surface area (Å²) in [7, 11) is 0. The van der Waals surface area contributed by atoms with Gasteiger partial charge in [-0.15, -0.1) is 0 Å². The SMILES string of the molecule is O=C1C[C@H](N2CCN(C/C=C\c3ccccc3)CC2)C(=O)N1c1cccc(Cl)c1. The summed E-state index contributed by atoms with van der Waals surface area (Å²) in [6, 6.07) is 16.8. The molecule has 2 fully saturated rings. The molecule has 0 spiro atoms. The van der Waals surface area contributed by atoms with Gasteiger partial charge >= 0.3 is 0 Å². The van der Waals surface area contributed by atoms with Gasteiger partial charge in [0.05, 0.1) is 18.2 Å². The summed E-state index contributed by atoms with van der Waals surface area (Å²) in [5, 5.41) is 0.517. The van der Waals surface area contributed by atoms with Gasteiger partial charge in [0.1, 0.15) is 0 Å². The number of hydrogen-bond acceptors (Lipinski definition) is 4. The van der Waals surface area contributed by atoms with Gasteiger partial charge in [-0.25, -0.2) is 4.90 Å². The zero-order valence-corrected chi connectivity index (χ0v) is 17.0. The first-order valence-electron chi connectivity index (χ1n) is 9.92. The Labute approximate surface area is 176 Å². The molecule has 2 aliphatic rings. The lowest BCUT2D eigenvalue weighted by Gasteiger charge is -2.36. The van der Waals surface area contributed by atoms with Crippen molar-refractivity contribution in [3.63, 3.8) is 0 Å². The molecule has 5 nitrogen and oxygen atoms in total. The van der Waals surface area contributed by atoms with Crippen molar-refractivity contribution in [2.45, 2.75) is 12.5 Å². The van der Waals surface area contributed by atoms with Gasteiger partial charge in [-0.2, -0.15) is 0 Å². The van der Waals surface area contributed by atoms with Gasteiger partial charge in [-0.3, -0.25) is 19.4 Å². The summed E-state index contributed by atoms with van der Waals surface area (Å²) < 4.78 is 0. The van der Waals surface area contributed by atoms with Crippen LogP contribution in [0.2, 0.25) is 5.02 Å². The molecule has 6 heteroatoms. The third kappa shape index (κ3) is 4.58. The minimum absolute atomic E-state index is 0.144. The lowest BCUT2D eigenvalue weighted by atomic mass is 10.1. The van der Waals surface area contributed by atoms with E-state index in [1.165, 1.54) is 10.5 Å². The van der Waals surface area contributed by atoms with Crippen molar-refractivity contribution in [3.05, 3.63) is 71.3 Å². The summed E-state index contributed by atoms with van der Waals surface area (Å²) in [6.45, 7) is 4.22. The molecule has 0 bridgehead atoms. The van der Waals surface area contributed by atoms with Crippen LogP contribution in [0.1, 0.15) is 12.0 Å². The maximum atomic E-state index is 12.9. The molecule has 1 atom stereocenters. The highest BCUT2D eigenvalue weighted by molar-refractivity contribution is 6.31. The Morgan fingerprint density at radius 1 is 0.966 bits per heavy atom. The summed E-state index contributed by atoms with van der Waals surface area (Å²) >= 11 is 6.03. The van der Waals surface area contributed by atoms with Crippen molar-refractivity contribution >= 4 is 35.2 Å². The molecular formula is C23H24ClN3O2. The van der Waals surface area contributed by atoms with Gasteiger partial charge in [0.2, 0.25) is 5.91 Å². The minimum Gasteiger partial charge on any atom is -0.297 e. The number of benzene rings is 2. The average molecular weight is 410 g/mol. The molecule has 29 heavy (non-hydrogen) atoms. The lowest BCUT2D eigenvalue weighted by Crippen LogP contribution is -2.52. The Hall–Kier alpha value is -2.47. The van der Waals surface area contributed by atoms with Crippen LogP contribution in [0.25, 0.3) is 6.08 Å². The highest BCUT2D eigenvalue weighted by Crippen LogP contribution is 2.28. The predicted molar refractivity (Wildman–Crippen MR) is 116 cm³/mol. The summed E-state index contributed by atoms with van der Waals surface area (Å²) in [5.41, 5.74) is 1.75. The van der Waals surface area contributed by atoms with Gasteiger partial charge in [-0.1, -0.05) is 60.2 Å². The molecule has 0 aromatic heterocycles. The average Bonchev–Trinajstić information content (AvgIpc) is 3.03. The quantitative estimate of drug-likeness (QED) is 0.711.